The van der Waals surface area contributed by atoms with Crippen LogP contribution in [0.1, 0.15) is 25.8 Å². The average Bonchev–Trinajstić information content (AvgIpc) is 2.36. The maximum Gasteiger partial charge on any atom is 0.243 e. The Hall–Kier alpha value is -1.86. The summed E-state index contributed by atoms with van der Waals surface area (Å²) in [6.07, 6.45) is 0.654. The minimum atomic E-state index is -0.499. The topological polar surface area (TPSA) is 70.1 Å². The summed E-state index contributed by atoms with van der Waals surface area (Å²) >= 11 is 0. The van der Waals surface area contributed by atoms with Crippen molar-refractivity contribution >= 4 is 11.6 Å². The van der Waals surface area contributed by atoms with Crippen molar-refractivity contribution in [1.29, 1.82) is 5.26 Å². The van der Waals surface area contributed by atoms with E-state index in [-0.39, 0.29) is 5.91 Å². The maximum atomic E-state index is 12.1. The van der Waals surface area contributed by atoms with Crippen LogP contribution in [0, 0.1) is 17.2 Å². The van der Waals surface area contributed by atoms with Gasteiger partial charge in [0.15, 0.2) is 0 Å². The predicted molar refractivity (Wildman–Crippen MR) is 72.0 cm³/mol. The number of carbonyl (C=O) groups is 1. The maximum absolute atomic E-state index is 12.1. The lowest BCUT2D eigenvalue weighted by atomic mass is 10.0. The van der Waals surface area contributed by atoms with Crippen LogP contribution in [0.2, 0.25) is 0 Å². The zero-order valence-corrected chi connectivity index (χ0v) is 11.1. The molecule has 1 rings (SSSR count). The van der Waals surface area contributed by atoms with Gasteiger partial charge in [-0.3, -0.25) is 4.79 Å². The molecule has 1 aromatic rings. The number of nitrogens with two attached hydrogens (primary N) is 1. The lowest BCUT2D eigenvalue weighted by Crippen LogP contribution is -2.42. The Labute approximate surface area is 108 Å². The molecule has 4 heteroatoms. The number of benzene rings is 1. The standard InChI is InChI=1S/C14H19N3O/c1-10(2)7-13(16)14(18)17(3)12-6-4-5-11(8-12)9-15/h4-6,8,10,13H,7,16H2,1-3H3/t13-/m0/s1. The van der Waals surface area contributed by atoms with Crippen LogP contribution in [-0.4, -0.2) is 19.0 Å². The van der Waals surface area contributed by atoms with E-state index in [1.807, 2.05) is 13.8 Å². The SMILES string of the molecule is CC(C)C[C@H](N)C(=O)N(C)c1cccc(C#N)c1. The Bertz CT molecular complexity index is 462. The van der Waals surface area contributed by atoms with Crippen LogP contribution in [0.4, 0.5) is 5.69 Å². The molecule has 4 nitrogen and oxygen atoms in total. The normalized spacial score (nSPS) is 12.0. The highest BCUT2D eigenvalue weighted by Crippen LogP contribution is 2.16. The van der Waals surface area contributed by atoms with Gasteiger partial charge in [-0.05, 0) is 30.5 Å². The first-order valence-corrected chi connectivity index (χ1v) is 5.99. The number of anilines is 1. The molecule has 0 unspecified atom stereocenters. The van der Waals surface area contributed by atoms with Crippen LogP contribution < -0.4 is 10.6 Å². The fourth-order valence-corrected chi connectivity index (χ4v) is 1.77. The van der Waals surface area contributed by atoms with Gasteiger partial charge in [-0.25, -0.2) is 0 Å². The summed E-state index contributed by atoms with van der Waals surface area (Å²) in [7, 11) is 1.68. The predicted octanol–water partition coefficient (Wildman–Crippen LogP) is 1.89. The number of hydrogen-bond acceptors (Lipinski definition) is 3. The number of carbonyl (C=O) groups excluding carboxylic acids is 1. The van der Waals surface area contributed by atoms with Crippen LogP contribution in [0.3, 0.4) is 0 Å². The molecule has 0 aliphatic heterocycles. The lowest BCUT2D eigenvalue weighted by molar-refractivity contribution is -0.119. The molecule has 1 atom stereocenters. The Balaban J connectivity index is 2.83. The van der Waals surface area contributed by atoms with Gasteiger partial charge in [0, 0.05) is 12.7 Å². The third kappa shape index (κ3) is 3.57. The van der Waals surface area contributed by atoms with Crippen molar-refractivity contribution in [2.45, 2.75) is 26.3 Å². The molecule has 0 aliphatic rings. The first-order valence-electron chi connectivity index (χ1n) is 5.99. The second kappa shape index (κ2) is 6.18. The highest BCUT2D eigenvalue weighted by atomic mass is 16.2. The van der Waals surface area contributed by atoms with Gasteiger partial charge >= 0.3 is 0 Å². The second-order valence-electron chi connectivity index (χ2n) is 4.80. The van der Waals surface area contributed by atoms with Crippen molar-refractivity contribution in [2.24, 2.45) is 11.7 Å². The molecule has 1 amide bonds. The van der Waals surface area contributed by atoms with Gasteiger partial charge in [-0.15, -0.1) is 0 Å². The number of rotatable bonds is 4. The van der Waals surface area contributed by atoms with Crippen LogP contribution in [0.5, 0.6) is 0 Å². The molecule has 0 aromatic heterocycles. The highest BCUT2D eigenvalue weighted by Gasteiger charge is 2.20. The summed E-state index contributed by atoms with van der Waals surface area (Å²) in [5.74, 6) is 0.251. The number of nitrogens with zero attached hydrogens (tertiary/aromatic N) is 2. The summed E-state index contributed by atoms with van der Waals surface area (Å²) in [5, 5.41) is 8.83. The van der Waals surface area contributed by atoms with Crippen molar-refractivity contribution in [3.05, 3.63) is 29.8 Å². The summed E-state index contributed by atoms with van der Waals surface area (Å²) in [4.78, 5) is 13.6. The molecular formula is C14H19N3O. The van der Waals surface area contributed by atoms with E-state index in [0.717, 1.165) is 0 Å². The van der Waals surface area contributed by atoms with Gasteiger partial charge in [0.1, 0.15) is 0 Å². The molecule has 0 saturated carbocycles. The Morgan fingerprint density at radius 1 is 1.50 bits per heavy atom. The molecule has 96 valence electrons. The van der Waals surface area contributed by atoms with Crippen LogP contribution in [0.25, 0.3) is 0 Å². The minimum absolute atomic E-state index is 0.126. The summed E-state index contributed by atoms with van der Waals surface area (Å²) in [6, 6.07) is 8.49. The monoisotopic (exact) mass is 245 g/mol. The fraction of sp³-hybridized carbons (Fsp3) is 0.429. The van der Waals surface area contributed by atoms with Crippen LogP contribution in [0.15, 0.2) is 24.3 Å². The summed E-state index contributed by atoms with van der Waals surface area (Å²) < 4.78 is 0. The van der Waals surface area contributed by atoms with E-state index >= 15 is 0 Å². The quantitative estimate of drug-likeness (QED) is 0.880. The molecule has 1 aromatic carbocycles. The van der Waals surface area contributed by atoms with Crippen molar-refractivity contribution in [1.82, 2.24) is 0 Å². The van der Waals surface area contributed by atoms with E-state index in [1.165, 1.54) is 4.90 Å². The fourth-order valence-electron chi connectivity index (χ4n) is 1.77. The Morgan fingerprint density at radius 3 is 2.72 bits per heavy atom. The molecule has 18 heavy (non-hydrogen) atoms. The van der Waals surface area contributed by atoms with Gasteiger partial charge in [0.05, 0.1) is 17.7 Å². The zero-order valence-electron chi connectivity index (χ0n) is 11.1. The van der Waals surface area contributed by atoms with Crippen molar-refractivity contribution in [2.75, 3.05) is 11.9 Å². The van der Waals surface area contributed by atoms with Crippen LogP contribution >= 0.6 is 0 Å². The smallest absolute Gasteiger partial charge is 0.243 e. The minimum Gasteiger partial charge on any atom is -0.320 e. The summed E-state index contributed by atoms with van der Waals surface area (Å²) in [5.41, 5.74) is 7.10. The number of likely N-dealkylation sites (N-methyl/N-ethyl adjacent to an activating group) is 1. The van der Waals surface area contributed by atoms with E-state index in [0.29, 0.717) is 23.6 Å². The van der Waals surface area contributed by atoms with Crippen molar-refractivity contribution in [3.8, 4) is 6.07 Å². The van der Waals surface area contributed by atoms with E-state index in [1.54, 1.807) is 31.3 Å². The Kier molecular flexibility index (Phi) is 4.87. The highest BCUT2D eigenvalue weighted by molar-refractivity contribution is 5.96. The van der Waals surface area contributed by atoms with Crippen molar-refractivity contribution < 1.29 is 4.79 Å². The first kappa shape index (κ1) is 14.2. The third-order valence-corrected chi connectivity index (χ3v) is 2.74. The average molecular weight is 245 g/mol. The van der Waals surface area contributed by atoms with Gasteiger partial charge in [0.25, 0.3) is 0 Å². The molecular weight excluding hydrogens is 226 g/mol. The van der Waals surface area contributed by atoms with Gasteiger partial charge < -0.3 is 10.6 Å². The van der Waals surface area contributed by atoms with Crippen LogP contribution in [-0.2, 0) is 4.79 Å². The molecule has 0 saturated heterocycles. The second-order valence-corrected chi connectivity index (χ2v) is 4.80. The van der Waals surface area contributed by atoms with Gasteiger partial charge in [-0.1, -0.05) is 19.9 Å². The van der Waals surface area contributed by atoms with E-state index in [2.05, 4.69) is 6.07 Å². The molecule has 0 radical (unpaired) electrons. The third-order valence-electron chi connectivity index (χ3n) is 2.74. The largest absolute Gasteiger partial charge is 0.320 e. The molecule has 0 fully saturated rings. The number of amides is 1. The first-order chi connectivity index (χ1) is 8.45. The number of hydrogen-bond donors (Lipinski definition) is 1. The molecule has 0 aliphatic carbocycles. The molecule has 0 spiro atoms. The van der Waals surface area contributed by atoms with E-state index in [4.69, 9.17) is 11.0 Å². The van der Waals surface area contributed by atoms with Gasteiger partial charge in [-0.2, -0.15) is 5.26 Å². The lowest BCUT2D eigenvalue weighted by Gasteiger charge is -2.22. The summed E-state index contributed by atoms with van der Waals surface area (Å²) in [6.45, 7) is 4.06. The van der Waals surface area contributed by atoms with E-state index in [9.17, 15) is 4.79 Å². The Morgan fingerprint density at radius 2 is 2.17 bits per heavy atom. The molecule has 0 heterocycles. The van der Waals surface area contributed by atoms with Crippen molar-refractivity contribution in [3.63, 3.8) is 0 Å². The molecule has 2 N–H and O–H groups in total. The van der Waals surface area contributed by atoms with Gasteiger partial charge in [0.2, 0.25) is 5.91 Å². The number of nitriles is 1. The zero-order chi connectivity index (χ0) is 13.7. The van der Waals surface area contributed by atoms with E-state index < -0.39 is 6.04 Å². The molecule has 0 bridgehead atoms.